The molecule has 1 amide bonds. The van der Waals surface area contributed by atoms with Crippen molar-refractivity contribution in [2.45, 2.75) is 0 Å². The van der Waals surface area contributed by atoms with Crippen molar-refractivity contribution in [1.82, 2.24) is 5.32 Å². The van der Waals surface area contributed by atoms with Crippen LogP contribution in [0.2, 0.25) is 5.02 Å². The Morgan fingerprint density at radius 1 is 1.17 bits per heavy atom. The van der Waals surface area contributed by atoms with E-state index in [4.69, 9.17) is 33.3 Å². The SMILES string of the molecule is COc1cccc(OC)c1C(=O)NC(=S)Nc1ccc(I)cc1Cl. The third-order valence-corrected chi connectivity index (χ3v) is 4.25. The summed E-state index contributed by atoms with van der Waals surface area (Å²) in [5, 5.41) is 6.12. The summed E-state index contributed by atoms with van der Waals surface area (Å²) in [4.78, 5) is 12.5. The molecule has 0 aliphatic rings. The molecular weight excluding hydrogens is 463 g/mol. The summed E-state index contributed by atoms with van der Waals surface area (Å²) < 4.78 is 11.4. The fourth-order valence-corrected chi connectivity index (χ4v) is 3.09. The first-order valence-electron chi connectivity index (χ1n) is 6.74. The van der Waals surface area contributed by atoms with Gasteiger partial charge in [0.15, 0.2) is 5.11 Å². The number of nitrogens with one attached hydrogen (secondary N) is 2. The number of ether oxygens (including phenoxy) is 2. The molecule has 8 heteroatoms. The van der Waals surface area contributed by atoms with Crippen molar-refractivity contribution in [3.63, 3.8) is 0 Å². The van der Waals surface area contributed by atoms with Crippen molar-refractivity contribution in [2.24, 2.45) is 0 Å². The summed E-state index contributed by atoms with van der Waals surface area (Å²) in [6.45, 7) is 0. The van der Waals surface area contributed by atoms with Gasteiger partial charge in [0.05, 0.1) is 24.9 Å². The van der Waals surface area contributed by atoms with Crippen LogP contribution >= 0.6 is 46.4 Å². The van der Waals surface area contributed by atoms with Gasteiger partial charge in [-0.25, -0.2) is 0 Å². The van der Waals surface area contributed by atoms with Crippen LogP contribution in [0, 0.1) is 3.57 Å². The molecular formula is C16H14ClIN2O3S. The van der Waals surface area contributed by atoms with E-state index in [9.17, 15) is 4.79 Å². The Balaban J connectivity index is 2.16. The van der Waals surface area contributed by atoms with E-state index in [2.05, 4.69) is 33.2 Å². The number of rotatable bonds is 4. The minimum absolute atomic E-state index is 0.121. The van der Waals surface area contributed by atoms with E-state index in [1.54, 1.807) is 30.3 Å². The van der Waals surface area contributed by atoms with Crippen LogP contribution in [0.25, 0.3) is 0 Å². The van der Waals surface area contributed by atoms with Gasteiger partial charge in [-0.3, -0.25) is 10.1 Å². The number of methoxy groups -OCH3 is 2. The lowest BCUT2D eigenvalue weighted by Crippen LogP contribution is -2.34. The maximum absolute atomic E-state index is 12.5. The van der Waals surface area contributed by atoms with E-state index < -0.39 is 5.91 Å². The third-order valence-electron chi connectivity index (χ3n) is 3.06. The smallest absolute Gasteiger partial charge is 0.264 e. The van der Waals surface area contributed by atoms with Crippen LogP contribution in [0.15, 0.2) is 36.4 Å². The summed E-state index contributed by atoms with van der Waals surface area (Å²) in [5.41, 5.74) is 0.870. The second-order valence-corrected chi connectivity index (χ2v) is 6.63. The first-order valence-corrected chi connectivity index (χ1v) is 8.61. The Bertz CT molecular complexity index is 764. The number of hydrogen-bond donors (Lipinski definition) is 2. The van der Waals surface area contributed by atoms with Gasteiger partial charge in [0.1, 0.15) is 17.1 Å². The van der Waals surface area contributed by atoms with Crippen molar-refractivity contribution < 1.29 is 14.3 Å². The first-order chi connectivity index (χ1) is 11.5. The van der Waals surface area contributed by atoms with Gasteiger partial charge in [-0.2, -0.15) is 0 Å². The predicted molar refractivity (Wildman–Crippen MR) is 107 cm³/mol. The molecule has 0 saturated heterocycles. The lowest BCUT2D eigenvalue weighted by Gasteiger charge is -2.14. The van der Waals surface area contributed by atoms with Gasteiger partial charge in [-0.15, -0.1) is 0 Å². The number of carbonyl (C=O) groups excluding carboxylic acids is 1. The Hall–Kier alpha value is -1.58. The highest BCUT2D eigenvalue weighted by Gasteiger charge is 2.19. The lowest BCUT2D eigenvalue weighted by molar-refractivity contribution is 0.0971. The normalized spacial score (nSPS) is 10.0. The van der Waals surface area contributed by atoms with Gasteiger partial charge < -0.3 is 14.8 Å². The molecule has 0 fully saturated rings. The van der Waals surface area contributed by atoms with E-state index in [-0.39, 0.29) is 10.7 Å². The van der Waals surface area contributed by atoms with Gasteiger partial charge in [0.2, 0.25) is 0 Å². The van der Waals surface area contributed by atoms with Crippen LogP contribution in [0.3, 0.4) is 0 Å². The molecule has 126 valence electrons. The molecule has 5 nitrogen and oxygen atoms in total. The monoisotopic (exact) mass is 476 g/mol. The van der Waals surface area contributed by atoms with Gasteiger partial charge >= 0.3 is 0 Å². The van der Waals surface area contributed by atoms with Gasteiger partial charge in [0.25, 0.3) is 5.91 Å². The van der Waals surface area contributed by atoms with Crippen molar-refractivity contribution in [3.8, 4) is 11.5 Å². The van der Waals surface area contributed by atoms with Crippen LogP contribution in [-0.2, 0) is 0 Å². The van der Waals surface area contributed by atoms with E-state index >= 15 is 0 Å². The third kappa shape index (κ3) is 4.49. The number of carbonyl (C=O) groups is 1. The summed E-state index contributed by atoms with van der Waals surface area (Å²) in [6, 6.07) is 10.5. The minimum Gasteiger partial charge on any atom is -0.496 e. The molecule has 0 bridgehead atoms. The van der Waals surface area contributed by atoms with Crippen molar-refractivity contribution in [1.29, 1.82) is 0 Å². The Kier molecular flexibility index (Phi) is 6.64. The zero-order chi connectivity index (χ0) is 17.7. The molecule has 2 N–H and O–H groups in total. The second-order valence-electron chi connectivity index (χ2n) is 4.57. The van der Waals surface area contributed by atoms with Crippen molar-refractivity contribution in [3.05, 3.63) is 50.6 Å². The highest BCUT2D eigenvalue weighted by atomic mass is 127. The van der Waals surface area contributed by atoms with Crippen LogP contribution in [-0.4, -0.2) is 25.2 Å². The molecule has 0 heterocycles. The topological polar surface area (TPSA) is 59.6 Å². The molecule has 2 aromatic rings. The average Bonchev–Trinajstić information content (AvgIpc) is 2.56. The number of halogens is 2. The maximum Gasteiger partial charge on any atom is 0.264 e. The summed E-state index contributed by atoms with van der Waals surface area (Å²) in [6.07, 6.45) is 0. The fourth-order valence-electron chi connectivity index (χ4n) is 1.99. The van der Waals surface area contributed by atoms with Gasteiger partial charge in [-0.1, -0.05) is 17.7 Å². The van der Waals surface area contributed by atoms with E-state index in [0.717, 1.165) is 3.57 Å². The fraction of sp³-hybridized carbons (Fsp3) is 0.125. The average molecular weight is 477 g/mol. The number of anilines is 1. The van der Waals surface area contributed by atoms with Gasteiger partial charge in [-0.05, 0) is 65.1 Å². The Morgan fingerprint density at radius 3 is 2.33 bits per heavy atom. The van der Waals surface area contributed by atoms with Crippen molar-refractivity contribution in [2.75, 3.05) is 19.5 Å². The number of amides is 1. The van der Waals surface area contributed by atoms with Crippen molar-refractivity contribution >= 4 is 63.1 Å². The molecule has 0 saturated carbocycles. The molecule has 0 unspecified atom stereocenters. The van der Waals surface area contributed by atoms with Crippen LogP contribution in [0.5, 0.6) is 11.5 Å². The van der Waals surface area contributed by atoms with Crippen LogP contribution in [0.1, 0.15) is 10.4 Å². The van der Waals surface area contributed by atoms with E-state index in [1.165, 1.54) is 14.2 Å². The molecule has 0 atom stereocenters. The second kappa shape index (κ2) is 8.50. The molecule has 0 aromatic heterocycles. The van der Waals surface area contributed by atoms with Crippen LogP contribution in [0.4, 0.5) is 5.69 Å². The number of hydrogen-bond acceptors (Lipinski definition) is 4. The highest BCUT2D eigenvalue weighted by Crippen LogP contribution is 2.28. The molecule has 0 aliphatic heterocycles. The lowest BCUT2D eigenvalue weighted by atomic mass is 10.1. The first kappa shape index (κ1) is 18.8. The molecule has 24 heavy (non-hydrogen) atoms. The minimum atomic E-state index is -0.441. The highest BCUT2D eigenvalue weighted by molar-refractivity contribution is 14.1. The van der Waals surface area contributed by atoms with E-state index in [1.807, 2.05) is 6.07 Å². The standard InChI is InChI=1S/C16H14ClIN2O3S/c1-22-12-4-3-5-13(23-2)14(12)15(21)20-16(24)19-11-7-6-9(18)8-10(11)17/h3-8H,1-2H3,(H2,19,20,21,24). The van der Waals surface area contributed by atoms with Gasteiger partial charge in [0, 0.05) is 3.57 Å². The largest absolute Gasteiger partial charge is 0.496 e. The zero-order valence-electron chi connectivity index (χ0n) is 12.9. The zero-order valence-corrected chi connectivity index (χ0v) is 16.6. The quantitative estimate of drug-likeness (QED) is 0.514. The maximum atomic E-state index is 12.5. The summed E-state index contributed by atoms with van der Waals surface area (Å²) >= 11 is 13.5. The molecule has 2 rings (SSSR count). The molecule has 2 aromatic carbocycles. The Labute approximate surface area is 163 Å². The summed E-state index contributed by atoms with van der Waals surface area (Å²) in [5.74, 6) is 0.340. The number of benzene rings is 2. The summed E-state index contributed by atoms with van der Waals surface area (Å²) in [7, 11) is 2.96. The molecule has 0 aliphatic carbocycles. The van der Waals surface area contributed by atoms with Crippen LogP contribution < -0.4 is 20.1 Å². The predicted octanol–water partition coefficient (Wildman–Crippen LogP) is 4.09. The van der Waals surface area contributed by atoms with E-state index in [0.29, 0.717) is 22.2 Å². The molecule has 0 spiro atoms. The Morgan fingerprint density at radius 2 is 1.79 bits per heavy atom. The number of thiocarbonyl (C=S) groups is 1. The molecule has 0 radical (unpaired) electrons.